The number of ether oxygens (including phenoxy) is 5. The van der Waals surface area contributed by atoms with E-state index < -0.39 is 74.3 Å². The van der Waals surface area contributed by atoms with E-state index in [-0.39, 0.29) is 31.2 Å². The number of amides is 1. The fourth-order valence-electron chi connectivity index (χ4n) is 5.76. The molecule has 0 saturated carbocycles. The highest BCUT2D eigenvalue weighted by atomic mass is 31.2. The number of cyclic esters (lactones) is 1. The number of carbonyl (C=O) groups is 3. The molecule has 0 aliphatic carbocycles. The van der Waals surface area contributed by atoms with Crippen LogP contribution in [0.5, 0.6) is 5.75 Å². The number of alkyl halides is 2. The monoisotopic (exact) mass is 798 g/mol. The van der Waals surface area contributed by atoms with E-state index in [0.717, 1.165) is 12.3 Å². The molecule has 0 spiro atoms. The van der Waals surface area contributed by atoms with Gasteiger partial charge in [-0.05, 0) is 43.2 Å². The number of hydrogen-bond donors (Lipinski definition) is 2. The second-order valence-corrected chi connectivity index (χ2v) is 14.9. The van der Waals surface area contributed by atoms with Crippen molar-refractivity contribution in [2.24, 2.45) is 0 Å². The summed E-state index contributed by atoms with van der Waals surface area (Å²) in [5.74, 6) is -5.21. The lowest BCUT2D eigenvalue weighted by atomic mass is 10.0. The zero-order valence-corrected chi connectivity index (χ0v) is 30.8. The fraction of sp³-hybridized carbons (Fsp3) is 0.324. The van der Waals surface area contributed by atoms with Gasteiger partial charge in [0, 0.05) is 12.6 Å². The van der Waals surface area contributed by atoms with E-state index in [9.17, 15) is 23.7 Å². The van der Waals surface area contributed by atoms with Crippen molar-refractivity contribution in [1.29, 1.82) is 0 Å². The fourth-order valence-corrected chi connectivity index (χ4v) is 7.26. The molecule has 2 aliphatic rings. The molecule has 16 nitrogen and oxygen atoms in total. The molecule has 1 unspecified atom stereocenters. The smallest absolute Gasteiger partial charge is 0.458 e. The number of nitrogens with zero attached hydrogens (tertiary/aromatic N) is 2. The summed E-state index contributed by atoms with van der Waals surface area (Å²) < 4.78 is 84.8. The highest BCUT2D eigenvalue weighted by Gasteiger charge is 2.63. The van der Waals surface area contributed by atoms with Crippen LogP contribution in [0.15, 0.2) is 108 Å². The molecule has 4 aromatic rings. The van der Waals surface area contributed by atoms with E-state index in [4.69, 9.17) is 32.7 Å². The Kier molecular flexibility index (Phi) is 12.1. The third-order valence-corrected chi connectivity index (χ3v) is 9.91. The molecule has 2 fully saturated rings. The van der Waals surface area contributed by atoms with Crippen molar-refractivity contribution in [3.8, 4) is 5.75 Å². The van der Waals surface area contributed by atoms with Gasteiger partial charge in [-0.1, -0.05) is 78.9 Å². The van der Waals surface area contributed by atoms with Crippen LogP contribution in [0.3, 0.4) is 0 Å². The van der Waals surface area contributed by atoms with Gasteiger partial charge in [-0.2, -0.15) is 18.9 Å². The summed E-state index contributed by atoms with van der Waals surface area (Å²) in [6.07, 6.45) is -8.41. The molecule has 19 heteroatoms. The highest BCUT2D eigenvalue weighted by Crippen LogP contribution is 2.49. The molecule has 3 heterocycles. The summed E-state index contributed by atoms with van der Waals surface area (Å²) in [6, 6.07) is 24.7. The summed E-state index contributed by atoms with van der Waals surface area (Å²) in [4.78, 5) is 54.6. The van der Waals surface area contributed by atoms with Gasteiger partial charge in [0.05, 0.1) is 6.61 Å². The number of halogens is 2. The Bertz CT molecular complexity index is 2110. The first-order valence-corrected chi connectivity index (χ1v) is 18.7. The Labute approximate surface area is 318 Å². The lowest BCUT2D eigenvalue weighted by Crippen LogP contribution is -2.45. The zero-order valence-electron chi connectivity index (χ0n) is 29.9. The maximum Gasteiger partial charge on any atom is 0.509 e. The number of esters is 1. The van der Waals surface area contributed by atoms with E-state index in [1.54, 1.807) is 92.7 Å². The molecular weight excluding hydrogens is 761 g/mol. The lowest BCUT2D eigenvalue weighted by molar-refractivity contribution is -0.147. The number of benzene rings is 3. The van der Waals surface area contributed by atoms with E-state index in [0.29, 0.717) is 15.7 Å². The van der Waals surface area contributed by atoms with Crippen LogP contribution in [0, 0.1) is 0 Å². The Morgan fingerprint density at radius 3 is 2.11 bits per heavy atom. The molecular formula is C37H37F2N4O12P. The van der Waals surface area contributed by atoms with Crippen molar-refractivity contribution in [2.75, 3.05) is 11.9 Å². The van der Waals surface area contributed by atoms with E-state index in [1.165, 1.54) is 12.1 Å². The van der Waals surface area contributed by atoms with Gasteiger partial charge in [-0.3, -0.25) is 19.2 Å². The molecule has 6 rings (SSSR count). The normalized spacial score (nSPS) is 22.0. The molecule has 1 amide bonds. The molecule has 1 aromatic heterocycles. The van der Waals surface area contributed by atoms with Crippen LogP contribution >= 0.6 is 7.75 Å². The standard InChI is InChI=1S/C37H37F2N4O12P/c1-36(2)20-27(31(44)54-36)42-56(48,55-26-16-10-5-11-17-26)51-23-28-30(53-35(47)50-22-25-14-8-4-9-15-25)37(38,39)32(52-28)43-19-18-29(40-33(43)45)41-34(46)49-21-24-12-6-3-7-13-24/h3-19,27-28,30,32H,20-23H2,1-2H3,(H,42,48)(H,40,41,45,46)/t27?,28-,30-,32-,56+/m1/s1. The van der Waals surface area contributed by atoms with Gasteiger partial charge in [0.2, 0.25) is 12.3 Å². The van der Waals surface area contributed by atoms with Gasteiger partial charge in [0.1, 0.15) is 42.5 Å². The number of nitrogens with one attached hydrogen (secondary N) is 2. The summed E-state index contributed by atoms with van der Waals surface area (Å²) in [5.41, 5.74) is -0.991. The van der Waals surface area contributed by atoms with Crippen molar-refractivity contribution in [1.82, 2.24) is 14.6 Å². The molecule has 2 aliphatic heterocycles. The SMILES string of the molecule is CC1(C)CC(N[P@](=O)(OC[C@H]2O[C@@H](n3ccc(NC(=O)OCc4ccccc4)nc3=O)C(F)(F)[C@@H]2OC(=O)OCc2ccccc2)Oc2ccccc2)C(=O)O1. The summed E-state index contributed by atoms with van der Waals surface area (Å²) in [7, 11) is -4.62. The van der Waals surface area contributed by atoms with Crippen LogP contribution in [0.2, 0.25) is 0 Å². The van der Waals surface area contributed by atoms with Gasteiger partial charge in [0.15, 0.2) is 0 Å². The summed E-state index contributed by atoms with van der Waals surface area (Å²) in [6.45, 7) is 1.88. The molecule has 0 radical (unpaired) electrons. The van der Waals surface area contributed by atoms with Crippen molar-refractivity contribution in [3.63, 3.8) is 0 Å². The first kappa shape index (κ1) is 40.0. The minimum Gasteiger partial charge on any atom is -0.458 e. The molecule has 56 heavy (non-hydrogen) atoms. The minimum absolute atomic E-state index is 0.0390. The van der Waals surface area contributed by atoms with Crippen molar-refractivity contribution in [3.05, 3.63) is 125 Å². The molecule has 2 N–H and O–H groups in total. The van der Waals surface area contributed by atoms with Crippen LogP contribution in [0.4, 0.5) is 24.2 Å². The third kappa shape index (κ3) is 10.1. The van der Waals surface area contributed by atoms with Gasteiger partial charge in [-0.15, -0.1) is 0 Å². The molecule has 2 saturated heterocycles. The van der Waals surface area contributed by atoms with Crippen LogP contribution < -0.4 is 20.6 Å². The van der Waals surface area contributed by atoms with E-state index in [1.807, 2.05) is 0 Å². The minimum atomic E-state index is -4.62. The van der Waals surface area contributed by atoms with Crippen LogP contribution in [0.25, 0.3) is 0 Å². The van der Waals surface area contributed by atoms with Crippen molar-refractivity contribution in [2.45, 2.75) is 69.5 Å². The number of para-hydroxylation sites is 1. The predicted octanol–water partition coefficient (Wildman–Crippen LogP) is 6.13. The maximum atomic E-state index is 16.3. The predicted molar refractivity (Wildman–Crippen MR) is 191 cm³/mol. The number of carbonyl (C=O) groups excluding carboxylic acids is 3. The van der Waals surface area contributed by atoms with Crippen molar-refractivity contribution >= 4 is 31.8 Å². The lowest BCUT2D eigenvalue weighted by Gasteiger charge is -2.25. The van der Waals surface area contributed by atoms with Gasteiger partial charge >= 0.3 is 37.6 Å². The maximum absolute atomic E-state index is 16.3. The third-order valence-electron chi connectivity index (χ3n) is 8.35. The number of rotatable bonds is 14. The molecule has 3 aromatic carbocycles. The second-order valence-electron chi connectivity index (χ2n) is 13.2. The Hall–Kier alpha value is -5.68. The van der Waals surface area contributed by atoms with E-state index in [2.05, 4.69) is 15.4 Å². The molecule has 5 atom stereocenters. The topological polar surface area (TPSA) is 192 Å². The summed E-state index contributed by atoms with van der Waals surface area (Å²) in [5, 5.41) is 4.78. The van der Waals surface area contributed by atoms with Crippen LogP contribution in [-0.4, -0.2) is 64.1 Å². The summed E-state index contributed by atoms with van der Waals surface area (Å²) >= 11 is 0. The average Bonchev–Trinajstić information content (AvgIpc) is 3.57. The van der Waals surface area contributed by atoms with Crippen molar-refractivity contribution < 1.29 is 60.5 Å². The van der Waals surface area contributed by atoms with Crippen LogP contribution in [-0.2, 0) is 50.8 Å². The Morgan fingerprint density at radius 1 is 0.911 bits per heavy atom. The van der Waals surface area contributed by atoms with Crippen LogP contribution in [0.1, 0.15) is 37.6 Å². The Morgan fingerprint density at radius 2 is 1.52 bits per heavy atom. The highest BCUT2D eigenvalue weighted by molar-refractivity contribution is 7.52. The Balaban J connectivity index is 1.22. The van der Waals surface area contributed by atoms with Gasteiger partial charge in [-0.25, -0.2) is 18.9 Å². The second kappa shape index (κ2) is 17.0. The number of hydrogen-bond acceptors (Lipinski definition) is 13. The number of anilines is 1. The molecule has 296 valence electrons. The first-order valence-electron chi connectivity index (χ1n) is 17.2. The van der Waals surface area contributed by atoms with Gasteiger partial charge < -0.3 is 28.2 Å². The van der Waals surface area contributed by atoms with Gasteiger partial charge in [0.25, 0.3) is 0 Å². The zero-order chi connectivity index (χ0) is 39.9. The van der Waals surface area contributed by atoms with E-state index >= 15 is 8.78 Å². The quantitative estimate of drug-likeness (QED) is 0.0841. The average molecular weight is 799 g/mol. The molecule has 0 bridgehead atoms. The first-order chi connectivity index (χ1) is 26.7. The number of aromatic nitrogens is 2. The largest absolute Gasteiger partial charge is 0.509 e.